The van der Waals surface area contributed by atoms with Gasteiger partial charge in [-0.3, -0.25) is 20.4 Å². The summed E-state index contributed by atoms with van der Waals surface area (Å²) in [6, 6.07) is 6.08. The topological polar surface area (TPSA) is 87.1 Å². The van der Waals surface area contributed by atoms with E-state index in [1.807, 2.05) is 0 Å². The summed E-state index contributed by atoms with van der Waals surface area (Å²) in [6.07, 6.45) is 1.60. The number of aromatic amines is 1. The van der Waals surface area contributed by atoms with Gasteiger partial charge in [0.15, 0.2) is 11.0 Å². The first-order valence-electron chi connectivity index (χ1n) is 4.66. The molecule has 0 aromatic carbocycles. The van der Waals surface area contributed by atoms with Crippen molar-refractivity contribution in [3.8, 4) is 0 Å². The zero-order valence-electron chi connectivity index (χ0n) is 8.49. The average Bonchev–Trinajstić information content (AvgIpc) is 2.95. The van der Waals surface area contributed by atoms with E-state index in [1.165, 1.54) is 12.1 Å². The van der Waals surface area contributed by atoms with Crippen molar-refractivity contribution in [3.63, 3.8) is 0 Å². The minimum Gasteiger partial charge on any atom is -0.439 e. The maximum absolute atomic E-state index is 11.4. The number of nitrogens with one attached hydrogen (secondary N) is 3. The number of H-pyrrole nitrogens is 1. The zero-order chi connectivity index (χ0) is 12.3. The first-order valence-corrected chi connectivity index (χ1v) is 5.04. The van der Waals surface area contributed by atoms with E-state index in [1.54, 1.807) is 18.3 Å². The molecule has 2 amide bonds. The molecule has 17 heavy (non-hydrogen) atoms. The Morgan fingerprint density at radius 3 is 2.53 bits per heavy atom. The number of amides is 2. The van der Waals surface area contributed by atoms with Crippen LogP contribution in [0, 0.1) is 0 Å². The lowest BCUT2D eigenvalue weighted by Gasteiger charge is -2.03. The van der Waals surface area contributed by atoms with Crippen molar-refractivity contribution in [1.82, 2.24) is 15.8 Å². The van der Waals surface area contributed by atoms with Crippen LogP contribution in [0.2, 0.25) is 5.22 Å². The van der Waals surface area contributed by atoms with Gasteiger partial charge in [-0.2, -0.15) is 0 Å². The van der Waals surface area contributed by atoms with E-state index in [9.17, 15) is 9.59 Å². The molecule has 7 heteroatoms. The summed E-state index contributed by atoms with van der Waals surface area (Å²) in [5, 5.41) is 0.103. The lowest BCUT2D eigenvalue weighted by atomic mass is 10.4. The summed E-state index contributed by atoms with van der Waals surface area (Å²) >= 11 is 5.51. The van der Waals surface area contributed by atoms with Gasteiger partial charge in [0.25, 0.3) is 5.91 Å². The monoisotopic (exact) mass is 253 g/mol. The Labute approximate surface area is 101 Å². The van der Waals surface area contributed by atoms with Crippen molar-refractivity contribution in [2.45, 2.75) is 0 Å². The van der Waals surface area contributed by atoms with Crippen LogP contribution in [0.5, 0.6) is 0 Å². The molecule has 0 aliphatic carbocycles. The highest BCUT2D eigenvalue weighted by molar-refractivity contribution is 6.29. The fourth-order valence-corrected chi connectivity index (χ4v) is 1.30. The molecule has 0 fully saturated rings. The van der Waals surface area contributed by atoms with Crippen LogP contribution in [-0.4, -0.2) is 16.8 Å². The molecule has 0 bridgehead atoms. The van der Waals surface area contributed by atoms with E-state index in [0.29, 0.717) is 5.69 Å². The van der Waals surface area contributed by atoms with Gasteiger partial charge in [-0.1, -0.05) is 0 Å². The summed E-state index contributed by atoms with van der Waals surface area (Å²) in [5.74, 6) is -1.03. The number of rotatable bonds is 2. The summed E-state index contributed by atoms with van der Waals surface area (Å²) < 4.78 is 4.86. The van der Waals surface area contributed by atoms with Crippen LogP contribution in [0.15, 0.2) is 34.9 Å². The van der Waals surface area contributed by atoms with Crippen LogP contribution in [-0.2, 0) is 0 Å². The Morgan fingerprint density at radius 1 is 1.18 bits per heavy atom. The predicted octanol–water partition coefficient (Wildman–Crippen LogP) is 1.34. The number of aromatic nitrogens is 1. The number of halogens is 1. The van der Waals surface area contributed by atoms with Crippen molar-refractivity contribution < 1.29 is 14.0 Å². The highest BCUT2D eigenvalue weighted by atomic mass is 35.5. The number of carbonyl (C=O) groups is 2. The summed E-state index contributed by atoms with van der Waals surface area (Å²) in [5.41, 5.74) is 4.75. The summed E-state index contributed by atoms with van der Waals surface area (Å²) in [7, 11) is 0. The van der Waals surface area contributed by atoms with Crippen LogP contribution >= 0.6 is 11.6 Å². The Morgan fingerprint density at radius 2 is 1.94 bits per heavy atom. The van der Waals surface area contributed by atoms with E-state index < -0.39 is 11.8 Å². The summed E-state index contributed by atoms with van der Waals surface area (Å²) in [6.45, 7) is 0. The third-order valence-corrected chi connectivity index (χ3v) is 2.13. The smallest absolute Gasteiger partial charge is 0.305 e. The second kappa shape index (κ2) is 4.75. The van der Waals surface area contributed by atoms with Gasteiger partial charge in [0.1, 0.15) is 5.69 Å². The third-order valence-electron chi connectivity index (χ3n) is 1.93. The van der Waals surface area contributed by atoms with Crippen molar-refractivity contribution in [2.75, 3.05) is 0 Å². The van der Waals surface area contributed by atoms with E-state index in [-0.39, 0.29) is 11.0 Å². The van der Waals surface area contributed by atoms with Crippen LogP contribution < -0.4 is 10.9 Å². The molecular weight excluding hydrogens is 246 g/mol. The van der Waals surface area contributed by atoms with Gasteiger partial charge in [0.05, 0.1) is 0 Å². The molecule has 2 aromatic rings. The van der Waals surface area contributed by atoms with Gasteiger partial charge < -0.3 is 9.40 Å². The lowest BCUT2D eigenvalue weighted by molar-refractivity contribution is 0.0829. The van der Waals surface area contributed by atoms with E-state index in [4.69, 9.17) is 16.0 Å². The fraction of sp³-hybridized carbons (Fsp3) is 0. The molecule has 0 aliphatic heterocycles. The van der Waals surface area contributed by atoms with Gasteiger partial charge >= 0.3 is 5.91 Å². The first-order chi connectivity index (χ1) is 8.16. The van der Waals surface area contributed by atoms with Crippen LogP contribution in [0.1, 0.15) is 21.0 Å². The molecule has 0 unspecified atom stereocenters. The summed E-state index contributed by atoms with van der Waals surface area (Å²) in [4.78, 5) is 25.6. The molecule has 0 atom stereocenters. The molecule has 2 aromatic heterocycles. The van der Waals surface area contributed by atoms with Gasteiger partial charge in [0, 0.05) is 6.20 Å². The molecule has 0 radical (unpaired) electrons. The molecule has 2 heterocycles. The molecular formula is C10H8ClN3O3. The average molecular weight is 254 g/mol. The lowest BCUT2D eigenvalue weighted by Crippen LogP contribution is -2.41. The third kappa shape index (κ3) is 2.67. The van der Waals surface area contributed by atoms with Gasteiger partial charge in [-0.25, -0.2) is 0 Å². The molecule has 0 saturated heterocycles. The molecule has 3 N–H and O–H groups in total. The number of hydrogen-bond acceptors (Lipinski definition) is 3. The predicted molar refractivity (Wildman–Crippen MR) is 59.4 cm³/mol. The maximum atomic E-state index is 11.4. The Balaban J connectivity index is 1.91. The second-order valence-electron chi connectivity index (χ2n) is 3.10. The Kier molecular flexibility index (Phi) is 3.15. The molecule has 88 valence electrons. The van der Waals surface area contributed by atoms with Gasteiger partial charge in [-0.05, 0) is 35.9 Å². The van der Waals surface area contributed by atoms with Crippen LogP contribution in [0.3, 0.4) is 0 Å². The highest BCUT2D eigenvalue weighted by Gasteiger charge is 2.12. The fourth-order valence-electron chi connectivity index (χ4n) is 1.15. The number of carbonyl (C=O) groups excluding carboxylic acids is 2. The van der Waals surface area contributed by atoms with Crippen molar-refractivity contribution >= 4 is 23.4 Å². The SMILES string of the molecule is O=C(NNC(=O)c1ccc(Cl)o1)c1ccc[nH]1. The largest absolute Gasteiger partial charge is 0.439 e. The van der Waals surface area contributed by atoms with Crippen molar-refractivity contribution in [2.24, 2.45) is 0 Å². The Bertz CT molecular complexity index is 533. The minimum absolute atomic E-state index is 0.0155. The normalized spacial score (nSPS) is 9.94. The first kappa shape index (κ1) is 11.3. The minimum atomic E-state index is -0.586. The number of hydrogen-bond donors (Lipinski definition) is 3. The van der Waals surface area contributed by atoms with Crippen LogP contribution in [0.4, 0.5) is 0 Å². The molecule has 0 saturated carbocycles. The zero-order valence-corrected chi connectivity index (χ0v) is 9.25. The van der Waals surface area contributed by atoms with Crippen molar-refractivity contribution in [1.29, 1.82) is 0 Å². The molecule has 6 nitrogen and oxygen atoms in total. The highest BCUT2D eigenvalue weighted by Crippen LogP contribution is 2.12. The van der Waals surface area contributed by atoms with E-state index in [2.05, 4.69) is 15.8 Å². The van der Waals surface area contributed by atoms with E-state index >= 15 is 0 Å². The number of furan rings is 1. The van der Waals surface area contributed by atoms with Crippen LogP contribution in [0.25, 0.3) is 0 Å². The Hall–Kier alpha value is -2.21. The maximum Gasteiger partial charge on any atom is 0.305 e. The molecule has 2 rings (SSSR count). The standard InChI is InChI=1S/C10H8ClN3O3/c11-8-4-3-7(17-8)10(16)14-13-9(15)6-2-1-5-12-6/h1-5,12H,(H,13,15)(H,14,16). The molecule has 0 spiro atoms. The van der Waals surface area contributed by atoms with E-state index in [0.717, 1.165) is 0 Å². The quantitative estimate of drug-likeness (QED) is 0.706. The van der Waals surface area contributed by atoms with Crippen molar-refractivity contribution in [3.05, 3.63) is 47.1 Å². The molecule has 0 aliphatic rings. The second-order valence-corrected chi connectivity index (χ2v) is 3.47. The number of hydrazine groups is 1. The van der Waals surface area contributed by atoms with Gasteiger partial charge in [-0.15, -0.1) is 0 Å². The van der Waals surface area contributed by atoms with Gasteiger partial charge in [0.2, 0.25) is 0 Å².